The van der Waals surface area contributed by atoms with Gasteiger partial charge in [0.05, 0.1) is 11.0 Å². The molecule has 84 valence electrons. The van der Waals surface area contributed by atoms with Crippen molar-refractivity contribution in [3.63, 3.8) is 0 Å². The second kappa shape index (κ2) is 4.17. The summed E-state index contributed by atoms with van der Waals surface area (Å²) in [4.78, 5) is 0. The third-order valence-electron chi connectivity index (χ3n) is 2.73. The molecule has 3 rings (SSSR count). The Bertz CT molecular complexity index is 531. The molecule has 2 nitrogen and oxygen atoms in total. The first-order valence-corrected chi connectivity index (χ1v) is 6.92. The smallest absolute Gasteiger partial charge is 0.148 e. The van der Waals surface area contributed by atoms with Crippen molar-refractivity contribution in [3.8, 4) is 0 Å². The zero-order chi connectivity index (χ0) is 11.1. The monoisotopic (exact) mass is 343 g/mol. The molecule has 0 aliphatic heterocycles. The molecule has 0 saturated heterocycles. The summed E-state index contributed by atoms with van der Waals surface area (Å²) in [5.41, 5.74) is 0.927. The molecule has 0 radical (unpaired) electrons. The van der Waals surface area contributed by atoms with Crippen LogP contribution in [0.15, 0.2) is 31.6 Å². The second-order valence-corrected chi connectivity index (χ2v) is 5.94. The van der Waals surface area contributed by atoms with Gasteiger partial charge in [-0.1, -0.05) is 15.9 Å². The number of nitrogens with one attached hydrogen (secondary N) is 1. The molecule has 1 heterocycles. The quantitative estimate of drug-likeness (QED) is 0.902. The number of furan rings is 1. The summed E-state index contributed by atoms with van der Waals surface area (Å²) in [6, 6.07) is 6.89. The second-order valence-electron chi connectivity index (χ2n) is 4.17. The lowest BCUT2D eigenvalue weighted by Crippen LogP contribution is -2.14. The third kappa shape index (κ3) is 2.19. The zero-order valence-electron chi connectivity index (χ0n) is 8.59. The number of halogens is 2. The van der Waals surface area contributed by atoms with Crippen LogP contribution in [0.5, 0.6) is 0 Å². The molecule has 1 N–H and O–H groups in total. The van der Waals surface area contributed by atoms with Crippen molar-refractivity contribution in [2.75, 3.05) is 0 Å². The summed E-state index contributed by atoms with van der Waals surface area (Å²) in [5.74, 6) is 1.00. The molecular formula is C12H11Br2NO. The predicted molar refractivity (Wildman–Crippen MR) is 71.5 cm³/mol. The SMILES string of the molecule is Brc1cc(Br)c2oc(CNC3CC3)cc2c1. The molecule has 0 amide bonds. The van der Waals surface area contributed by atoms with Crippen LogP contribution in [0.4, 0.5) is 0 Å². The van der Waals surface area contributed by atoms with Crippen molar-refractivity contribution >= 4 is 42.8 Å². The van der Waals surface area contributed by atoms with Gasteiger partial charge in [0.15, 0.2) is 0 Å². The van der Waals surface area contributed by atoms with Gasteiger partial charge in [0.25, 0.3) is 0 Å². The van der Waals surface area contributed by atoms with E-state index in [4.69, 9.17) is 4.42 Å². The third-order valence-corrected chi connectivity index (χ3v) is 3.78. The van der Waals surface area contributed by atoms with Crippen LogP contribution in [0.1, 0.15) is 18.6 Å². The van der Waals surface area contributed by atoms with Crippen molar-refractivity contribution in [3.05, 3.63) is 32.9 Å². The largest absolute Gasteiger partial charge is 0.459 e. The van der Waals surface area contributed by atoms with Gasteiger partial charge in [0, 0.05) is 15.9 Å². The number of hydrogen-bond acceptors (Lipinski definition) is 2. The van der Waals surface area contributed by atoms with Gasteiger partial charge in [0.1, 0.15) is 11.3 Å². The zero-order valence-corrected chi connectivity index (χ0v) is 11.8. The van der Waals surface area contributed by atoms with Crippen molar-refractivity contribution in [2.45, 2.75) is 25.4 Å². The van der Waals surface area contributed by atoms with Gasteiger partial charge >= 0.3 is 0 Å². The Morgan fingerprint density at radius 1 is 1.25 bits per heavy atom. The Morgan fingerprint density at radius 3 is 2.81 bits per heavy atom. The van der Waals surface area contributed by atoms with Crippen molar-refractivity contribution < 1.29 is 4.42 Å². The molecule has 1 aliphatic rings. The Balaban J connectivity index is 1.91. The molecule has 0 atom stereocenters. The van der Waals surface area contributed by atoms with Crippen molar-refractivity contribution in [2.24, 2.45) is 0 Å². The average Bonchev–Trinajstić information content (AvgIpc) is 2.96. The minimum atomic E-state index is 0.711. The first-order chi connectivity index (χ1) is 7.72. The Labute approximate surface area is 111 Å². The van der Waals surface area contributed by atoms with Crippen LogP contribution in [0.3, 0.4) is 0 Å². The van der Waals surface area contributed by atoms with Gasteiger partial charge in [-0.25, -0.2) is 0 Å². The normalized spacial score (nSPS) is 15.9. The molecule has 16 heavy (non-hydrogen) atoms. The molecule has 0 spiro atoms. The van der Waals surface area contributed by atoms with Crippen LogP contribution < -0.4 is 5.32 Å². The maximum absolute atomic E-state index is 5.80. The number of hydrogen-bond donors (Lipinski definition) is 1. The van der Waals surface area contributed by atoms with Crippen molar-refractivity contribution in [1.29, 1.82) is 0 Å². The van der Waals surface area contributed by atoms with Crippen LogP contribution in [0.25, 0.3) is 11.0 Å². The van der Waals surface area contributed by atoms with E-state index in [-0.39, 0.29) is 0 Å². The fourth-order valence-electron chi connectivity index (χ4n) is 1.75. The highest BCUT2D eigenvalue weighted by Gasteiger charge is 2.20. The van der Waals surface area contributed by atoms with E-state index in [2.05, 4.69) is 49.3 Å². The van der Waals surface area contributed by atoms with Crippen molar-refractivity contribution in [1.82, 2.24) is 5.32 Å². The lowest BCUT2D eigenvalue weighted by Gasteiger charge is -1.97. The minimum absolute atomic E-state index is 0.711. The minimum Gasteiger partial charge on any atom is -0.459 e. The van der Waals surface area contributed by atoms with Gasteiger partial charge in [-0.05, 0) is 47.0 Å². The Morgan fingerprint density at radius 2 is 2.06 bits per heavy atom. The van der Waals surface area contributed by atoms with Gasteiger partial charge in [-0.3, -0.25) is 0 Å². The highest BCUT2D eigenvalue weighted by molar-refractivity contribution is 9.11. The number of fused-ring (bicyclic) bond motifs is 1. The maximum atomic E-state index is 5.80. The summed E-state index contributed by atoms with van der Waals surface area (Å²) in [7, 11) is 0. The van der Waals surface area contributed by atoms with Gasteiger partial charge in [-0.15, -0.1) is 0 Å². The highest BCUT2D eigenvalue weighted by atomic mass is 79.9. The Hall–Kier alpha value is -0.320. The fourth-order valence-corrected chi connectivity index (χ4v) is 3.09. The van der Waals surface area contributed by atoms with Crippen LogP contribution in [0, 0.1) is 0 Å². The summed E-state index contributed by atoms with van der Waals surface area (Å²) in [5, 5.41) is 4.58. The van der Waals surface area contributed by atoms with E-state index in [1.165, 1.54) is 12.8 Å². The Kier molecular flexibility index (Phi) is 2.81. The van der Waals surface area contributed by atoms with E-state index in [9.17, 15) is 0 Å². The summed E-state index contributed by atoms with van der Waals surface area (Å²) >= 11 is 6.99. The molecule has 1 saturated carbocycles. The molecule has 2 aromatic rings. The van der Waals surface area contributed by atoms with E-state index < -0.39 is 0 Å². The predicted octanol–water partition coefficient (Wildman–Crippen LogP) is 4.21. The highest BCUT2D eigenvalue weighted by Crippen LogP contribution is 2.31. The first kappa shape index (κ1) is 10.8. The average molecular weight is 345 g/mol. The van der Waals surface area contributed by atoms with Crippen LogP contribution in [-0.2, 0) is 6.54 Å². The molecule has 1 fully saturated rings. The van der Waals surface area contributed by atoms with E-state index in [1.807, 2.05) is 6.07 Å². The van der Waals surface area contributed by atoms with E-state index in [0.29, 0.717) is 6.04 Å². The molecule has 0 unspecified atom stereocenters. The van der Waals surface area contributed by atoms with Gasteiger partial charge in [-0.2, -0.15) is 0 Å². The molecule has 1 aromatic carbocycles. The lowest BCUT2D eigenvalue weighted by atomic mass is 10.2. The van der Waals surface area contributed by atoms with Crippen LogP contribution >= 0.6 is 31.9 Å². The number of rotatable bonds is 3. The molecule has 4 heteroatoms. The summed E-state index contributed by atoms with van der Waals surface area (Å²) in [6.07, 6.45) is 2.60. The van der Waals surface area contributed by atoms with Crippen LogP contribution in [0.2, 0.25) is 0 Å². The van der Waals surface area contributed by atoms with E-state index >= 15 is 0 Å². The van der Waals surface area contributed by atoms with E-state index in [1.54, 1.807) is 0 Å². The summed E-state index contributed by atoms with van der Waals surface area (Å²) < 4.78 is 7.86. The summed E-state index contributed by atoms with van der Waals surface area (Å²) in [6.45, 7) is 0.823. The fraction of sp³-hybridized carbons (Fsp3) is 0.333. The first-order valence-electron chi connectivity index (χ1n) is 5.33. The lowest BCUT2D eigenvalue weighted by molar-refractivity contribution is 0.511. The van der Waals surface area contributed by atoms with Crippen LogP contribution in [-0.4, -0.2) is 6.04 Å². The van der Waals surface area contributed by atoms with Gasteiger partial charge in [0.2, 0.25) is 0 Å². The maximum Gasteiger partial charge on any atom is 0.148 e. The molecule has 0 bridgehead atoms. The standard InChI is InChI=1S/C12H11Br2NO/c13-8-3-7-4-10(6-15-9-1-2-9)16-12(7)11(14)5-8/h3-5,9,15H,1-2,6H2. The molecular weight excluding hydrogens is 334 g/mol. The van der Waals surface area contributed by atoms with E-state index in [0.717, 1.165) is 32.2 Å². The molecule has 1 aromatic heterocycles. The number of benzene rings is 1. The molecule has 1 aliphatic carbocycles. The van der Waals surface area contributed by atoms with Gasteiger partial charge < -0.3 is 9.73 Å². The topological polar surface area (TPSA) is 25.2 Å².